The Balaban J connectivity index is 1.81. The first kappa shape index (κ1) is 15.7. The second kappa shape index (κ2) is 6.14. The number of nitrogens with zero attached hydrogens (tertiary/aromatic N) is 1. The van der Waals surface area contributed by atoms with E-state index in [1.165, 1.54) is 0 Å². The maximum absolute atomic E-state index is 12.5. The maximum atomic E-state index is 12.5. The van der Waals surface area contributed by atoms with Crippen LogP contribution in [-0.4, -0.2) is 39.2 Å². The molecule has 118 valence electrons. The molecule has 0 atom stereocenters. The van der Waals surface area contributed by atoms with E-state index < -0.39 is 5.60 Å². The number of thioether (sulfide) groups is 1. The fourth-order valence-corrected chi connectivity index (χ4v) is 4.48. The van der Waals surface area contributed by atoms with Gasteiger partial charge in [-0.25, -0.2) is 0 Å². The van der Waals surface area contributed by atoms with Gasteiger partial charge in [0.15, 0.2) is 0 Å². The Morgan fingerprint density at radius 2 is 2.09 bits per heavy atom. The van der Waals surface area contributed by atoms with Gasteiger partial charge in [-0.3, -0.25) is 4.79 Å². The van der Waals surface area contributed by atoms with Crippen molar-refractivity contribution in [2.24, 2.45) is 7.05 Å². The number of hydrogen-bond acceptors (Lipinski definition) is 3. The van der Waals surface area contributed by atoms with Crippen molar-refractivity contribution in [2.75, 3.05) is 18.1 Å². The Kier molecular flexibility index (Phi) is 4.39. The van der Waals surface area contributed by atoms with E-state index in [2.05, 4.69) is 5.32 Å². The van der Waals surface area contributed by atoms with Gasteiger partial charge in [-0.15, -0.1) is 0 Å². The molecule has 0 radical (unpaired) electrons. The number of carbonyl (C=O) groups excluding carboxylic acids is 1. The number of aromatic nitrogens is 1. The van der Waals surface area contributed by atoms with Crippen LogP contribution in [0.15, 0.2) is 24.3 Å². The number of carbonyl (C=O) groups is 1. The highest BCUT2D eigenvalue weighted by Gasteiger charge is 2.30. The lowest BCUT2D eigenvalue weighted by Crippen LogP contribution is -2.45. The van der Waals surface area contributed by atoms with Gasteiger partial charge in [-0.1, -0.05) is 29.8 Å². The van der Waals surface area contributed by atoms with Crippen LogP contribution in [0.3, 0.4) is 0 Å². The second-order valence-corrected chi connectivity index (χ2v) is 7.36. The highest BCUT2D eigenvalue weighted by molar-refractivity contribution is 7.99. The van der Waals surface area contributed by atoms with Crippen molar-refractivity contribution in [2.45, 2.75) is 18.4 Å². The van der Waals surface area contributed by atoms with E-state index in [-0.39, 0.29) is 12.5 Å². The number of benzene rings is 1. The van der Waals surface area contributed by atoms with Gasteiger partial charge in [0.2, 0.25) is 0 Å². The van der Waals surface area contributed by atoms with Crippen LogP contribution in [0, 0.1) is 0 Å². The van der Waals surface area contributed by atoms with Crippen LogP contribution in [-0.2, 0) is 7.05 Å². The molecular formula is C16H19ClN2O2S. The average Bonchev–Trinajstić information content (AvgIpc) is 2.78. The Bertz CT molecular complexity index is 668. The Morgan fingerprint density at radius 1 is 1.41 bits per heavy atom. The predicted octanol–water partition coefficient (Wildman–Crippen LogP) is 2.82. The molecule has 1 amide bonds. The summed E-state index contributed by atoms with van der Waals surface area (Å²) in [6.07, 6.45) is 1.42. The third kappa shape index (κ3) is 2.85. The molecule has 0 unspecified atom stereocenters. The molecule has 1 saturated heterocycles. The van der Waals surface area contributed by atoms with Crippen LogP contribution in [0.1, 0.15) is 23.3 Å². The van der Waals surface area contributed by atoms with Gasteiger partial charge in [0.05, 0.1) is 10.6 Å². The van der Waals surface area contributed by atoms with Crippen LogP contribution < -0.4 is 5.32 Å². The maximum Gasteiger partial charge on any atom is 0.269 e. The zero-order chi connectivity index (χ0) is 15.7. The molecular weight excluding hydrogens is 320 g/mol. The summed E-state index contributed by atoms with van der Waals surface area (Å²) in [6.45, 7) is 0.268. The molecule has 0 aliphatic carbocycles. The number of halogens is 1. The van der Waals surface area contributed by atoms with E-state index >= 15 is 0 Å². The molecule has 0 bridgehead atoms. The molecule has 1 aliphatic heterocycles. The van der Waals surface area contributed by atoms with E-state index in [1.54, 1.807) is 4.57 Å². The zero-order valence-electron chi connectivity index (χ0n) is 12.4. The highest BCUT2D eigenvalue weighted by Crippen LogP contribution is 2.30. The molecule has 2 N–H and O–H groups in total. The van der Waals surface area contributed by atoms with Gasteiger partial charge < -0.3 is 15.0 Å². The van der Waals surface area contributed by atoms with Crippen molar-refractivity contribution in [3.63, 3.8) is 0 Å². The van der Waals surface area contributed by atoms with Crippen molar-refractivity contribution in [1.82, 2.24) is 9.88 Å². The first-order valence-electron chi connectivity index (χ1n) is 7.33. The predicted molar refractivity (Wildman–Crippen MR) is 91.8 cm³/mol. The van der Waals surface area contributed by atoms with Crippen LogP contribution in [0.5, 0.6) is 0 Å². The minimum Gasteiger partial charge on any atom is -0.388 e. The van der Waals surface area contributed by atoms with Crippen molar-refractivity contribution in [1.29, 1.82) is 0 Å². The summed E-state index contributed by atoms with van der Waals surface area (Å²) in [7, 11) is 1.83. The molecule has 1 fully saturated rings. The highest BCUT2D eigenvalue weighted by atomic mass is 35.5. The van der Waals surface area contributed by atoms with Crippen LogP contribution in [0.2, 0.25) is 5.02 Å². The third-order valence-electron chi connectivity index (χ3n) is 4.26. The first-order chi connectivity index (χ1) is 10.5. The van der Waals surface area contributed by atoms with Gasteiger partial charge >= 0.3 is 0 Å². The number of aliphatic hydroxyl groups is 1. The molecule has 1 aliphatic rings. The summed E-state index contributed by atoms with van der Waals surface area (Å²) >= 11 is 8.20. The Morgan fingerprint density at radius 3 is 2.77 bits per heavy atom. The minimum atomic E-state index is -0.794. The summed E-state index contributed by atoms with van der Waals surface area (Å²) in [5.74, 6) is 1.62. The molecule has 4 nitrogen and oxygen atoms in total. The Hall–Kier alpha value is -1.17. The molecule has 1 aromatic heterocycles. The number of rotatable bonds is 3. The van der Waals surface area contributed by atoms with Crippen molar-refractivity contribution in [3.05, 3.63) is 35.0 Å². The monoisotopic (exact) mass is 338 g/mol. The van der Waals surface area contributed by atoms with Gasteiger partial charge in [0, 0.05) is 24.5 Å². The number of fused-ring (bicyclic) bond motifs is 1. The van der Waals surface area contributed by atoms with Crippen molar-refractivity contribution >= 4 is 40.2 Å². The number of para-hydroxylation sites is 1. The lowest BCUT2D eigenvalue weighted by Gasteiger charge is -2.31. The number of hydrogen-bond donors (Lipinski definition) is 2. The van der Waals surface area contributed by atoms with E-state index in [0.29, 0.717) is 23.6 Å². The van der Waals surface area contributed by atoms with E-state index in [4.69, 9.17) is 11.6 Å². The average molecular weight is 339 g/mol. The molecule has 6 heteroatoms. The van der Waals surface area contributed by atoms with Gasteiger partial charge in [-0.05, 0) is 30.4 Å². The fraction of sp³-hybridized carbons (Fsp3) is 0.438. The molecule has 2 aromatic rings. The number of nitrogens with one attached hydrogen (secondary N) is 1. The lowest BCUT2D eigenvalue weighted by atomic mass is 9.97. The van der Waals surface area contributed by atoms with Gasteiger partial charge in [0.25, 0.3) is 5.91 Å². The SMILES string of the molecule is Cn1c(C(=O)NCC2(O)CCSCC2)c(Cl)c2ccccc21. The van der Waals surface area contributed by atoms with E-state index in [1.807, 2.05) is 43.1 Å². The first-order valence-corrected chi connectivity index (χ1v) is 8.86. The summed E-state index contributed by atoms with van der Waals surface area (Å²) in [5, 5.41) is 14.7. The number of amides is 1. The van der Waals surface area contributed by atoms with E-state index in [9.17, 15) is 9.90 Å². The second-order valence-electron chi connectivity index (χ2n) is 5.76. The smallest absolute Gasteiger partial charge is 0.269 e. The standard InChI is InChI=1S/C16H19ClN2O2S/c1-19-12-5-3-2-4-11(12)13(17)14(19)15(20)18-10-16(21)6-8-22-9-7-16/h2-5,21H,6-10H2,1H3,(H,18,20). The molecule has 3 rings (SSSR count). The topological polar surface area (TPSA) is 54.3 Å². The third-order valence-corrected chi connectivity index (χ3v) is 5.63. The minimum absolute atomic E-state index is 0.240. The normalized spacial score (nSPS) is 17.6. The summed E-state index contributed by atoms with van der Waals surface area (Å²) in [5.41, 5.74) is 0.569. The van der Waals surface area contributed by atoms with Crippen LogP contribution >= 0.6 is 23.4 Å². The molecule has 1 aromatic carbocycles. The summed E-state index contributed by atoms with van der Waals surface area (Å²) in [4.78, 5) is 12.5. The van der Waals surface area contributed by atoms with Gasteiger partial charge in [0.1, 0.15) is 5.69 Å². The quantitative estimate of drug-likeness (QED) is 0.904. The van der Waals surface area contributed by atoms with Crippen LogP contribution in [0.25, 0.3) is 10.9 Å². The molecule has 2 heterocycles. The van der Waals surface area contributed by atoms with Gasteiger partial charge in [-0.2, -0.15) is 11.8 Å². The van der Waals surface area contributed by atoms with Crippen molar-refractivity contribution in [3.8, 4) is 0 Å². The largest absolute Gasteiger partial charge is 0.388 e. The molecule has 0 saturated carbocycles. The van der Waals surface area contributed by atoms with Crippen LogP contribution in [0.4, 0.5) is 0 Å². The fourth-order valence-electron chi connectivity index (χ4n) is 2.86. The lowest BCUT2D eigenvalue weighted by molar-refractivity contribution is 0.0310. The summed E-state index contributed by atoms with van der Waals surface area (Å²) in [6, 6.07) is 7.66. The summed E-state index contributed by atoms with van der Waals surface area (Å²) < 4.78 is 1.80. The number of aryl methyl sites for hydroxylation is 1. The van der Waals surface area contributed by atoms with Crippen molar-refractivity contribution < 1.29 is 9.90 Å². The van der Waals surface area contributed by atoms with E-state index in [0.717, 1.165) is 22.4 Å². The molecule has 0 spiro atoms. The molecule has 22 heavy (non-hydrogen) atoms. The Labute approximate surface area is 138 Å². The zero-order valence-corrected chi connectivity index (χ0v) is 14.0.